The topological polar surface area (TPSA) is 79.0 Å². The third-order valence-corrected chi connectivity index (χ3v) is 5.36. The van der Waals surface area contributed by atoms with Crippen LogP contribution in [-0.2, 0) is 9.59 Å². The second-order valence-electron chi connectivity index (χ2n) is 7.18. The molecule has 1 aliphatic carbocycles. The number of anilines is 1. The van der Waals surface area contributed by atoms with Crippen molar-refractivity contribution in [2.75, 3.05) is 12.1 Å². The van der Waals surface area contributed by atoms with Crippen LogP contribution in [-0.4, -0.2) is 41.6 Å². The molecule has 2 N–H and O–H groups in total. The molecule has 1 atom stereocenters. The van der Waals surface area contributed by atoms with Crippen LogP contribution in [0.5, 0.6) is 0 Å². The summed E-state index contributed by atoms with van der Waals surface area (Å²) in [5.74, 6) is 0.171. The van der Waals surface area contributed by atoms with Crippen molar-refractivity contribution in [3.8, 4) is 0 Å². The molecule has 0 bridgehead atoms. The first kappa shape index (κ1) is 17.5. The van der Waals surface area contributed by atoms with Gasteiger partial charge in [-0.2, -0.15) is 5.10 Å². The number of carbonyl (C=O) groups is 2. The maximum absolute atomic E-state index is 12.9. The van der Waals surface area contributed by atoms with Crippen molar-refractivity contribution < 1.29 is 9.59 Å². The minimum Gasteiger partial charge on any atom is -0.368 e. The van der Waals surface area contributed by atoms with Crippen LogP contribution in [0, 0.1) is 5.92 Å². The molecular formula is C19H26N4O2. The molecule has 0 spiro atoms. The molecule has 6 heteroatoms. The smallest absolute Gasteiger partial charge is 0.270 e. The first-order valence-electron chi connectivity index (χ1n) is 8.95. The standard InChI is InChI=1S/C19H26N4O2/c1-13-8-10-14(11-9-13)22(2)19(25)16-12-17(18(20)24)23(21-16)15-6-4-3-5-7-15/h3-7,13-14,17H,8-12H2,1-2H3,(H2,20,24). The summed E-state index contributed by atoms with van der Waals surface area (Å²) in [4.78, 5) is 26.5. The third kappa shape index (κ3) is 3.67. The van der Waals surface area contributed by atoms with Gasteiger partial charge in [-0.25, -0.2) is 0 Å². The lowest BCUT2D eigenvalue weighted by molar-refractivity contribution is -0.125. The second kappa shape index (κ2) is 7.25. The van der Waals surface area contributed by atoms with Gasteiger partial charge in [-0.15, -0.1) is 0 Å². The zero-order valence-electron chi connectivity index (χ0n) is 14.9. The molecule has 1 aliphatic heterocycles. The van der Waals surface area contributed by atoms with Crippen molar-refractivity contribution >= 4 is 23.2 Å². The molecule has 2 amide bonds. The molecule has 1 aromatic rings. The molecule has 1 heterocycles. The average Bonchev–Trinajstić information content (AvgIpc) is 3.07. The number of benzene rings is 1. The number of nitrogens with two attached hydrogens (primary N) is 1. The number of primary amides is 1. The summed E-state index contributed by atoms with van der Waals surface area (Å²) in [5, 5.41) is 6.03. The van der Waals surface area contributed by atoms with E-state index in [-0.39, 0.29) is 18.4 Å². The van der Waals surface area contributed by atoms with E-state index in [0.717, 1.165) is 37.3 Å². The lowest BCUT2D eigenvalue weighted by atomic mass is 9.86. The van der Waals surface area contributed by atoms with Gasteiger partial charge < -0.3 is 10.6 Å². The lowest BCUT2D eigenvalue weighted by Gasteiger charge is -2.33. The molecule has 1 saturated carbocycles. The number of amides is 2. The van der Waals surface area contributed by atoms with Gasteiger partial charge in [-0.1, -0.05) is 25.1 Å². The Morgan fingerprint density at radius 3 is 2.40 bits per heavy atom. The van der Waals surface area contributed by atoms with Gasteiger partial charge in [-0.05, 0) is 43.7 Å². The van der Waals surface area contributed by atoms with E-state index >= 15 is 0 Å². The van der Waals surface area contributed by atoms with E-state index in [1.807, 2.05) is 37.4 Å². The molecule has 3 rings (SSSR count). The van der Waals surface area contributed by atoms with Crippen LogP contribution in [0.3, 0.4) is 0 Å². The zero-order chi connectivity index (χ0) is 18.0. The molecule has 2 aliphatic rings. The zero-order valence-corrected chi connectivity index (χ0v) is 14.9. The fourth-order valence-corrected chi connectivity index (χ4v) is 3.68. The molecule has 0 aromatic heterocycles. The normalized spacial score (nSPS) is 26.2. The summed E-state index contributed by atoms with van der Waals surface area (Å²) < 4.78 is 0. The molecule has 0 radical (unpaired) electrons. The van der Waals surface area contributed by atoms with Crippen molar-refractivity contribution in [3.05, 3.63) is 30.3 Å². The quantitative estimate of drug-likeness (QED) is 0.910. The Morgan fingerprint density at radius 2 is 1.80 bits per heavy atom. The summed E-state index contributed by atoms with van der Waals surface area (Å²) in [7, 11) is 1.84. The molecule has 0 saturated heterocycles. The number of nitrogens with zero attached hydrogens (tertiary/aromatic N) is 3. The van der Waals surface area contributed by atoms with Gasteiger partial charge in [0.15, 0.2) is 0 Å². The SMILES string of the molecule is CC1CCC(N(C)C(=O)C2=NN(c3ccccc3)C(C(N)=O)C2)CC1. The Bertz CT molecular complexity index is 665. The highest BCUT2D eigenvalue weighted by Gasteiger charge is 2.37. The predicted octanol–water partition coefficient (Wildman–Crippen LogP) is 2.14. The van der Waals surface area contributed by atoms with Crippen molar-refractivity contribution in [2.24, 2.45) is 16.8 Å². The van der Waals surface area contributed by atoms with E-state index in [1.165, 1.54) is 0 Å². The van der Waals surface area contributed by atoms with Crippen LogP contribution in [0.4, 0.5) is 5.69 Å². The largest absolute Gasteiger partial charge is 0.368 e. The van der Waals surface area contributed by atoms with Crippen LogP contribution < -0.4 is 10.7 Å². The Hall–Kier alpha value is -2.37. The molecule has 1 unspecified atom stereocenters. The molecule has 25 heavy (non-hydrogen) atoms. The Labute approximate surface area is 148 Å². The van der Waals surface area contributed by atoms with Crippen molar-refractivity contribution in [3.63, 3.8) is 0 Å². The van der Waals surface area contributed by atoms with Gasteiger partial charge in [0.2, 0.25) is 5.91 Å². The summed E-state index contributed by atoms with van der Waals surface area (Å²) in [6, 6.07) is 9.01. The van der Waals surface area contributed by atoms with Gasteiger partial charge in [0.1, 0.15) is 11.8 Å². The van der Waals surface area contributed by atoms with E-state index in [0.29, 0.717) is 5.71 Å². The molecule has 1 aromatic carbocycles. The average molecular weight is 342 g/mol. The maximum Gasteiger partial charge on any atom is 0.270 e. The van der Waals surface area contributed by atoms with Crippen molar-refractivity contribution in [1.82, 2.24) is 4.90 Å². The number of rotatable bonds is 4. The summed E-state index contributed by atoms with van der Waals surface area (Å²) in [5.41, 5.74) is 6.72. The van der Waals surface area contributed by atoms with E-state index in [2.05, 4.69) is 12.0 Å². The van der Waals surface area contributed by atoms with Crippen LogP contribution in [0.25, 0.3) is 0 Å². The highest BCUT2D eigenvalue weighted by Crippen LogP contribution is 2.28. The summed E-state index contributed by atoms with van der Waals surface area (Å²) >= 11 is 0. The van der Waals surface area contributed by atoms with Crippen molar-refractivity contribution in [1.29, 1.82) is 0 Å². The minimum atomic E-state index is -0.610. The molecule has 134 valence electrons. The fraction of sp³-hybridized carbons (Fsp3) is 0.526. The summed E-state index contributed by atoms with van der Waals surface area (Å²) in [6.07, 6.45) is 4.61. The van der Waals surface area contributed by atoms with Crippen LogP contribution in [0.1, 0.15) is 39.0 Å². The Morgan fingerprint density at radius 1 is 1.16 bits per heavy atom. The second-order valence-corrected chi connectivity index (χ2v) is 7.18. The van der Waals surface area contributed by atoms with Crippen LogP contribution in [0.15, 0.2) is 35.4 Å². The van der Waals surface area contributed by atoms with Gasteiger partial charge in [0.25, 0.3) is 5.91 Å². The number of carbonyl (C=O) groups excluding carboxylic acids is 2. The van der Waals surface area contributed by atoms with Crippen molar-refractivity contribution in [2.45, 2.75) is 51.1 Å². The van der Waals surface area contributed by atoms with E-state index in [9.17, 15) is 9.59 Å². The lowest BCUT2D eigenvalue weighted by Crippen LogP contribution is -2.43. The Balaban J connectivity index is 1.77. The molecule has 6 nitrogen and oxygen atoms in total. The van der Waals surface area contributed by atoms with E-state index in [4.69, 9.17) is 5.73 Å². The minimum absolute atomic E-state index is 0.0933. The number of hydrazone groups is 1. The van der Waals surface area contributed by atoms with E-state index < -0.39 is 11.9 Å². The predicted molar refractivity (Wildman–Crippen MR) is 98.1 cm³/mol. The highest BCUT2D eigenvalue weighted by molar-refractivity contribution is 6.40. The monoisotopic (exact) mass is 342 g/mol. The van der Waals surface area contributed by atoms with Gasteiger partial charge in [0, 0.05) is 19.5 Å². The van der Waals surface area contributed by atoms with Crippen LogP contribution in [0.2, 0.25) is 0 Å². The molecule has 1 fully saturated rings. The van der Waals surface area contributed by atoms with Gasteiger partial charge in [0.05, 0.1) is 5.69 Å². The first-order chi connectivity index (χ1) is 12.0. The number of hydrogen-bond acceptors (Lipinski definition) is 4. The number of hydrogen-bond donors (Lipinski definition) is 1. The number of para-hydroxylation sites is 1. The highest BCUT2D eigenvalue weighted by atomic mass is 16.2. The third-order valence-electron chi connectivity index (χ3n) is 5.36. The Kier molecular flexibility index (Phi) is 5.06. The maximum atomic E-state index is 12.9. The van der Waals surface area contributed by atoms with Gasteiger partial charge >= 0.3 is 0 Å². The first-order valence-corrected chi connectivity index (χ1v) is 8.95. The van der Waals surface area contributed by atoms with Crippen LogP contribution >= 0.6 is 0 Å². The van der Waals surface area contributed by atoms with Gasteiger partial charge in [-0.3, -0.25) is 14.6 Å². The van der Waals surface area contributed by atoms with E-state index in [1.54, 1.807) is 9.91 Å². The molecular weight excluding hydrogens is 316 g/mol. The fourth-order valence-electron chi connectivity index (χ4n) is 3.68. The summed E-state index contributed by atoms with van der Waals surface area (Å²) in [6.45, 7) is 2.26.